The zero-order chi connectivity index (χ0) is 17.3. The van der Waals surface area contributed by atoms with Crippen LogP contribution in [0.1, 0.15) is 17.0 Å². The maximum absolute atomic E-state index is 5.03. The van der Waals surface area contributed by atoms with Gasteiger partial charge in [-0.2, -0.15) is 4.98 Å². The standard InChI is InChI=1S/C18H15N7O/c1-2-14-12(7-21-25-14)5-11(1)6-16-22-15-8-19-4-3-13(15)18(23-16)24-17-9-26-10-20-17/h1-5,8-10,21,25H,6-7H2,(H,22,23,24). The van der Waals surface area contributed by atoms with Gasteiger partial charge < -0.3 is 15.2 Å². The van der Waals surface area contributed by atoms with E-state index in [9.17, 15) is 0 Å². The van der Waals surface area contributed by atoms with Gasteiger partial charge in [0.25, 0.3) is 0 Å². The van der Waals surface area contributed by atoms with Crippen LogP contribution in [0, 0.1) is 0 Å². The number of hydrogen-bond donors (Lipinski definition) is 3. The summed E-state index contributed by atoms with van der Waals surface area (Å²) in [6.07, 6.45) is 7.01. The van der Waals surface area contributed by atoms with Gasteiger partial charge in [0.2, 0.25) is 0 Å². The number of fused-ring (bicyclic) bond motifs is 2. The van der Waals surface area contributed by atoms with Gasteiger partial charge in [0.1, 0.15) is 17.9 Å². The molecular formula is C18H15N7O. The minimum atomic E-state index is 0.599. The first kappa shape index (κ1) is 14.8. The van der Waals surface area contributed by atoms with E-state index >= 15 is 0 Å². The number of anilines is 3. The molecule has 1 aliphatic rings. The number of hydrogen-bond acceptors (Lipinski definition) is 8. The largest absolute Gasteiger partial charge is 0.449 e. The lowest BCUT2D eigenvalue weighted by Gasteiger charge is -2.09. The first-order valence-electron chi connectivity index (χ1n) is 8.22. The van der Waals surface area contributed by atoms with E-state index in [2.05, 4.69) is 49.3 Å². The Bertz CT molecular complexity index is 1080. The third-order valence-electron chi connectivity index (χ3n) is 4.26. The van der Waals surface area contributed by atoms with Gasteiger partial charge >= 0.3 is 0 Å². The quantitative estimate of drug-likeness (QED) is 0.519. The van der Waals surface area contributed by atoms with Gasteiger partial charge in [-0.3, -0.25) is 4.98 Å². The van der Waals surface area contributed by atoms with E-state index in [1.165, 1.54) is 18.2 Å². The summed E-state index contributed by atoms with van der Waals surface area (Å²) in [5.74, 6) is 2.00. The molecule has 0 unspecified atom stereocenters. The maximum Gasteiger partial charge on any atom is 0.182 e. The predicted molar refractivity (Wildman–Crippen MR) is 96.8 cm³/mol. The average molecular weight is 345 g/mol. The molecule has 0 saturated carbocycles. The maximum atomic E-state index is 5.03. The molecule has 3 N–H and O–H groups in total. The van der Waals surface area contributed by atoms with Crippen LogP contribution in [-0.4, -0.2) is 19.9 Å². The summed E-state index contributed by atoms with van der Waals surface area (Å²) >= 11 is 0. The van der Waals surface area contributed by atoms with Gasteiger partial charge in [0, 0.05) is 24.5 Å². The molecule has 4 aromatic rings. The van der Waals surface area contributed by atoms with Crippen LogP contribution >= 0.6 is 0 Å². The summed E-state index contributed by atoms with van der Waals surface area (Å²) in [5.41, 5.74) is 10.6. The van der Waals surface area contributed by atoms with Gasteiger partial charge in [-0.05, 0) is 23.3 Å². The Balaban J connectivity index is 1.53. The SMILES string of the molecule is c1cc2c(Nc3cocn3)nc(Cc3ccc4c(c3)CNN4)nc2cn1. The molecule has 0 spiro atoms. The molecule has 0 fully saturated rings. The second-order valence-electron chi connectivity index (χ2n) is 6.03. The van der Waals surface area contributed by atoms with E-state index in [1.807, 2.05) is 6.07 Å². The Kier molecular flexibility index (Phi) is 3.46. The van der Waals surface area contributed by atoms with E-state index in [1.54, 1.807) is 12.4 Å². The van der Waals surface area contributed by atoms with Crippen molar-refractivity contribution in [1.29, 1.82) is 0 Å². The highest BCUT2D eigenvalue weighted by atomic mass is 16.3. The lowest BCUT2D eigenvalue weighted by Crippen LogP contribution is -2.10. The first-order chi connectivity index (χ1) is 12.8. The van der Waals surface area contributed by atoms with Gasteiger partial charge in [0.05, 0.1) is 17.4 Å². The van der Waals surface area contributed by atoms with Crippen LogP contribution in [0.2, 0.25) is 0 Å². The molecule has 8 nitrogen and oxygen atoms in total. The minimum Gasteiger partial charge on any atom is -0.449 e. The minimum absolute atomic E-state index is 0.599. The van der Waals surface area contributed by atoms with Crippen molar-refractivity contribution in [3.63, 3.8) is 0 Å². The molecule has 0 saturated heterocycles. The molecule has 4 heterocycles. The zero-order valence-corrected chi connectivity index (χ0v) is 13.7. The third kappa shape index (κ3) is 2.72. The number of aromatic nitrogens is 4. The highest BCUT2D eigenvalue weighted by Gasteiger charge is 2.13. The Morgan fingerprint density at radius 1 is 1.19 bits per heavy atom. The van der Waals surface area contributed by atoms with Crippen molar-refractivity contribution in [1.82, 2.24) is 25.4 Å². The normalized spacial score (nSPS) is 12.8. The monoisotopic (exact) mass is 345 g/mol. The number of rotatable bonds is 4. The molecule has 5 rings (SSSR count). The molecule has 0 atom stereocenters. The fourth-order valence-corrected chi connectivity index (χ4v) is 3.04. The molecule has 0 bridgehead atoms. The third-order valence-corrected chi connectivity index (χ3v) is 4.26. The molecule has 0 aliphatic carbocycles. The van der Waals surface area contributed by atoms with Crippen molar-refractivity contribution in [2.45, 2.75) is 13.0 Å². The van der Waals surface area contributed by atoms with Crippen molar-refractivity contribution in [2.24, 2.45) is 0 Å². The number of nitrogens with zero attached hydrogens (tertiary/aromatic N) is 4. The lowest BCUT2D eigenvalue weighted by molar-refractivity contribution is 0.558. The van der Waals surface area contributed by atoms with Crippen LogP contribution in [0.5, 0.6) is 0 Å². The summed E-state index contributed by atoms with van der Waals surface area (Å²) in [6.45, 7) is 0.810. The Morgan fingerprint density at radius 2 is 2.19 bits per heavy atom. The number of nitrogens with one attached hydrogen (secondary N) is 3. The van der Waals surface area contributed by atoms with Crippen LogP contribution in [0.3, 0.4) is 0 Å². The number of benzene rings is 1. The molecule has 128 valence electrons. The Morgan fingerprint density at radius 3 is 3.12 bits per heavy atom. The van der Waals surface area contributed by atoms with Crippen molar-refractivity contribution >= 4 is 28.2 Å². The van der Waals surface area contributed by atoms with Crippen molar-refractivity contribution < 1.29 is 4.42 Å². The topological polar surface area (TPSA) is 101 Å². The molecular weight excluding hydrogens is 330 g/mol. The van der Waals surface area contributed by atoms with Crippen molar-refractivity contribution in [3.05, 3.63) is 66.3 Å². The number of hydrazine groups is 1. The Hall–Kier alpha value is -3.52. The molecule has 0 radical (unpaired) electrons. The molecule has 3 aromatic heterocycles. The van der Waals surface area contributed by atoms with Crippen molar-refractivity contribution in [3.8, 4) is 0 Å². The van der Waals surface area contributed by atoms with Crippen LogP contribution in [0.4, 0.5) is 17.3 Å². The zero-order valence-electron chi connectivity index (χ0n) is 13.7. The first-order valence-corrected chi connectivity index (χ1v) is 8.22. The highest BCUT2D eigenvalue weighted by molar-refractivity contribution is 5.89. The van der Waals surface area contributed by atoms with Crippen LogP contribution < -0.4 is 16.2 Å². The lowest BCUT2D eigenvalue weighted by atomic mass is 10.1. The smallest absolute Gasteiger partial charge is 0.182 e. The fourth-order valence-electron chi connectivity index (χ4n) is 3.04. The van der Waals surface area contributed by atoms with Crippen LogP contribution in [0.15, 0.2) is 53.7 Å². The van der Waals surface area contributed by atoms with E-state index < -0.39 is 0 Å². The van der Waals surface area contributed by atoms with Gasteiger partial charge in [-0.25, -0.2) is 15.4 Å². The summed E-state index contributed by atoms with van der Waals surface area (Å²) in [4.78, 5) is 17.6. The summed E-state index contributed by atoms with van der Waals surface area (Å²) in [5, 5.41) is 4.07. The summed E-state index contributed by atoms with van der Waals surface area (Å²) in [7, 11) is 0. The predicted octanol–water partition coefficient (Wildman–Crippen LogP) is 2.78. The molecule has 26 heavy (non-hydrogen) atoms. The van der Waals surface area contributed by atoms with Crippen LogP contribution in [0.25, 0.3) is 10.9 Å². The van der Waals surface area contributed by atoms with E-state index in [0.29, 0.717) is 18.1 Å². The van der Waals surface area contributed by atoms with Gasteiger partial charge in [-0.15, -0.1) is 0 Å². The Labute approximate surface area is 148 Å². The van der Waals surface area contributed by atoms with Gasteiger partial charge in [0.15, 0.2) is 12.2 Å². The van der Waals surface area contributed by atoms with E-state index in [-0.39, 0.29) is 0 Å². The molecule has 1 aromatic carbocycles. The van der Waals surface area contributed by atoms with Gasteiger partial charge in [-0.1, -0.05) is 12.1 Å². The highest BCUT2D eigenvalue weighted by Crippen LogP contribution is 2.25. The van der Waals surface area contributed by atoms with Crippen molar-refractivity contribution in [2.75, 3.05) is 10.7 Å². The average Bonchev–Trinajstić information content (AvgIpc) is 3.33. The van der Waals surface area contributed by atoms with Crippen LogP contribution in [-0.2, 0) is 13.0 Å². The second kappa shape index (κ2) is 6.08. The fraction of sp³-hybridized carbons (Fsp3) is 0.111. The summed E-state index contributed by atoms with van der Waals surface area (Å²) < 4.78 is 5.03. The molecule has 1 aliphatic heterocycles. The number of oxazole rings is 1. The molecule has 8 heteroatoms. The number of pyridine rings is 1. The summed E-state index contributed by atoms with van der Waals surface area (Å²) in [6, 6.07) is 8.21. The second-order valence-corrected chi connectivity index (χ2v) is 6.03. The van der Waals surface area contributed by atoms with E-state index in [4.69, 9.17) is 9.40 Å². The molecule has 0 amide bonds. The van der Waals surface area contributed by atoms with E-state index in [0.717, 1.165) is 34.5 Å².